The molecule has 6 heteroatoms. The van der Waals surface area contributed by atoms with Crippen molar-refractivity contribution in [3.8, 4) is 5.75 Å². The Morgan fingerprint density at radius 1 is 0.970 bits per heavy atom. The molecular weight excluding hydrogens is 432 g/mol. The molecule has 0 amide bonds. The predicted octanol–water partition coefficient (Wildman–Crippen LogP) is 6.05. The number of esters is 1. The summed E-state index contributed by atoms with van der Waals surface area (Å²) >= 11 is 1.55. The van der Waals surface area contributed by atoms with E-state index in [1.165, 1.54) is 5.56 Å². The molecule has 33 heavy (non-hydrogen) atoms. The molecule has 162 valence electrons. The standard InChI is InChI=1S/C27H20N2O3S/c1-17-7-13-22(14-8-17)33-26-20(15-19-5-3-4-6-23(19)29-26)16-24-27(30)32-25(28-24)18-9-11-21(31-2)12-10-18/h3-16H,1-2H3. The van der Waals surface area contributed by atoms with Gasteiger partial charge in [0.15, 0.2) is 5.70 Å². The fourth-order valence-electron chi connectivity index (χ4n) is 3.43. The van der Waals surface area contributed by atoms with Gasteiger partial charge in [-0.15, -0.1) is 0 Å². The Bertz CT molecular complexity index is 1410. The largest absolute Gasteiger partial charge is 0.497 e. The van der Waals surface area contributed by atoms with Gasteiger partial charge >= 0.3 is 5.97 Å². The molecule has 1 aliphatic heterocycles. The molecule has 5 nitrogen and oxygen atoms in total. The summed E-state index contributed by atoms with van der Waals surface area (Å²) in [5, 5.41) is 1.79. The number of para-hydroxylation sites is 1. The number of carbonyl (C=O) groups excluding carboxylic acids is 1. The van der Waals surface area contributed by atoms with Gasteiger partial charge in [0.2, 0.25) is 5.90 Å². The summed E-state index contributed by atoms with van der Waals surface area (Å²) in [6, 6.07) is 25.4. The molecule has 0 bridgehead atoms. The minimum absolute atomic E-state index is 0.239. The molecule has 0 atom stereocenters. The average molecular weight is 453 g/mol. The number of aliphatic imine (C=N–C) groups is 1. The Morgan fingerprint density at radius 3 is 2.48 bits per heavy atom. The van der Waals surface area contributed by atoms with Crippen LogP contribution < -0.4 is 4.74 Å². The predicted molar refractivity (Wildman–Crippen MR) is 131 cm³/mol. The Balaban J connectivity index is 1.55. The summed E-state index contributed by atoms with van der Waals surface area (Å²) in [6.45, 7) is 2.06. The van der Waals surface area contributed by atoms with E-state index in [9.17, 15) is 4.79 Å². The van der Waals surface area contributed by atoms with E-state index in [0.717, 1.165) is 32.1 Å². The lowest BCUT2D eigenvalue weighted by Crippen LogP contribution is -2.05. The molecule has 5 rings (SSSR count). The number of hydrogen-bond donors (Lipinski definition) is 0. The summed E-state index contributed by atoms with van der Waals surface area (Å²) in [5.41, 5.74) is 3.85. The van der Waals surface area contributed by atoms with Crippen molar-refractivity contribution in [2.24, 2.45) is 4.99 Å². The zero-order chi connectivity index (χ0) is 22.8. The normalized spacial score (nSPS) is 14.4. The van der Waals surface area contributed by atoms with Crippen LogP contribution in [0, 0.1) is 6.92 Å². The highest BCUT2D eigenvalue weighted by molar-refractivity contribution is 7.99. The first kappa shape index (κ1) is 21.0. The van der Waals surface area contributed by atoms with Crippen molar-refractivity contribution >= 4 is 40.6 Å². The topological polar surface area (TPSA) is 60.8 Å². The number of aromatic nitrogens is 1. The highest BCUT2D eigenvalue weighted by Gasteiger charge is 2.25. The van der Waals surface area contributed by atoms with Crippen molar-refractivity contribution in [3.63, 3.8) is 0 Å². The lowest BCUT2D eigenvalue weighted by molar-refractivity contribution is -0.129. The molecule has 1 aliphatic rings. The number of carbonyl (C=O) groups is 1. The van der Waals surface area contributed by atoms with Crippen molar-refractivity contribution in [1.82, 2.24) is 4.98 Å². The molecule has 1 aromatic heterocycles. The summed E-state index contributed by atoms with van der Waals surface area (Å²) in [4.78, 5) is 23.0. The summed E-state index contributed by atoms with van der Waals surface area (Å²) in [5.74, 6) is 0.509. The maximum Gasteiger partial charge on any atom is 0.363 e. The lowest BCUT2D eigenvalue weighted by Gasteiger charge is -2.08. The number of cyclic esters (lactones) is 1. The van der Waals surface area contributed by atoms with Crippen LogP contribution in [0.5, 0.6) is 5.75 Å². The van der Waals surface area contributed by atoms with E-state index in [4.69, 9.17) is 14.5 Å². The first-order chi connectivity index (χ1) is 16.1. The first-order valence-corrected chi connectivity index (χ1v) is 11.2. The minimum atomic E-state index is -0.486. The van der Waals surface area contributed by atoms with E-state index in [2.05, 4.69) is 36.2 Å². The van der Waals surface area contributed by atoms with Gasteiger partial charge in [-0.3, -0.25) is 0 Å². The molecule has 0 aliphatic carbocycles. The number of fused-ring (bicyclic) bond motifs is 1. The number of pyridine rings is 1. The van der Waals surface area contributed by atoms with Gasteiger partial charge in [0.25, 0.3) is 0 Å². The minimum Gasteiger partial charge on any atom is -0.497 e. The third-order valence-electron chi connectivity index (χ3n) is 5.20. The third-order valence-corrected chi connectivity index (χ3v) is 6.23. The first-order valence-electron chi connectivity index (χ1n) is 10.4. The number of benzene rings is 3. The van der Waals surface area contributed by atoms with Gasteiger partial charge in [0.05, 0.1) is 12.6 Å². The van der Waals surface area contributed by atoms with Gasteiger partial charge in [-0.05, 0) is 61.5 Å². The molecule has 2 heterocycles. The van der Waals surface area contributed by atoms with Gasteiger partial charge in [-0.2, -0.15) is 0 Å². The fourth-order valence-corrected chi connectivity index (χ4v) is 4.31. The van der Waals surface area contributed by atoms with Crippen LogP contribution in [0.2, 0.25) is 0 Å². The fraction of sp³-hybridized carbons (Fsp3) is 0.0741. The van der Waals surface area contributed by atoms with E-state index in [1.807, 2.05) is 42.5 Å². The summed E-state index contributed by atoms with van der Waals surface area (Å²) in [7, 11) is 1.60. The Labute approximate surface area is 195 Å². The van der Waals surface area contributed by atoms with Crippen molar-refractivity contribution < 1.29 is 14.3 Å². The second-order valence-corrected chi connectivity index (χ2v) is 8.62. The van der Waals surface area contributed by atoms with Crippen molar-refractivity contribution in [1.29, 1.82) is 0 Å². The molecule has 0 unspecified atom stereocenters. The monoisotopic (exact) mass is 452 g/mol. The van der Waals surface area contributed by atoms with Gasteiger partial charge in [0.1, 0.15) is 10.8 Å². The van der Waals surface area contributed by atoms with Gasteiger partial charge < -0.3 is 9.47 Å². The van der Waals surface area contributed by atoms with Crippen molar-refractivity contribution in [3.05, 3.63) is 101 Å². The number of hydrogen-bond acceptors (Lipinski definition) is 6. The van der Waals surface area contributed by atoms with E-state index in [1.54, 1.807) is 37.1 Å². The van der Waals surface area contributed by atoms with Crippen LogP contribution in [0.4, 0.5) is 0 Å². The number of aryl methyl sites for hydroxylation is 1. The van der Waals surface area contributed by atoms with Gasteiger partial charge in [-0.1, -0.05) is 47.7 Å². The summed E-state index contributed by atoms with van der Waals surface area (Å²) < 4.78 is 10.6. The van der Waals surface area contributed by atoms with Crippen molar-refractivity contribution in [2.75, 3.05) is 7.11 Å². The molecule has 3 aromatic carbocycles. The summed E-state index contributed by atoms with van der Waals surface area (Å²) in [6.07, 6.45) is 1.74. The Morgan fingerprint density at radius 2 is 1.73 bits per heavy atom. The Kier molecular flexibility index (Phi) is 5.67. The SMILES string of the molecule is COc1ccc(C2=NC(=Cc3cc4ccccc4nc3Sc3ccc(C)cc3)C(=O)O2)cc1. The number of nitrogens with zero attached hydrogens (tertiary/aromatic N) is 2. The number of ether oxygens (including phenoxy) is 2. The molecular formula is C27H20N2O3S. The molecule has 0 saturated heterocycles. The smallest absolute Gasteiger partial charge is 0.363 e. The van der Waals surface area contributed by atoms with E-state index >= 15 is 0 Å². The van der Waals surface area contributed by atoms with Crippen LogP contribution in [0.3, 0.4) is 0 Å². The molecule has 0 spiro atoms. The van der Waals surface area contributed by atoms with Gasteiger partial charge in [0, 0.05) is 21.4 Å². The zero-order valence-corrected chi connectivity index (χ0v) is 18.9. The number of methoxy groups -OCH3 is 1. The zero-order valence-electron chi connectivity index (χ0n) is 18.1. The van der Waals surface area contributed by atoms with Gasteiger partial charge in [-0.25, -0.2) is 14.8 Å². The average Bonchev–Trinajstić information content (AvgIpc) is 3.21. The number of rotatable bonds is 5. The van der Waals surface area contributed by atoms with E-state index in [0.29, 0.717) is 5.56 Å². The highest BCUT2D eigenvalue weighted by Crippen LogP contribution is 2.33. The van der Waals surface area contributed by atoms with Crippen LogP contribution in [-0.4, -0.2) is 24.0 Å². The molecule has 0 fully saturated rings. The van der Waals surface area contributed by atoms with Crippen LogP contribution in [0.25, 0.3) is 17.0 Å². The second kappa shape index (κ2) is 8.92. The molecule has 4 aromatic rings. The van der Waals surface area contributed by atoms with E-state index in [-0.39, 0.29) is 11.6 Å². The van der Waals surface area contributed by atoms with E-state index < -0.39 is 5.97 Å². The van der Waals surface area contributed by atoms with Crippen LogP contribution in [0.1, 0.15) is 16.7 Å². The maximum absolute atomic E-state index is 12.6. The van der Waals surface area contributed by atoms with Crippen molar-refractivity contribution in [2.45, 2.75) is 16.8 Å². The highest BCUT2D eigenvalue weighted by atomic mass is 32.2. The molecule has 0 N–H and O–H groups in total. The van der Waals surface area contributed by atoms with Crippen LogP contribution in [0.15, 0.2) is 99.5 Å². The van der Waals surface area contributed by atoms with Crippen LogP contribution >= 0.6 is 11.8 Å². The lowest BCUT2D eigenvalue weighted by atomic mass is 10.1. The second-order valence-electron chi connectivity index (χ2n) is 7.56. The molecule has 0 saturated carbocycles. The third kappa shape index (κ3) is 4.52. The quantitative estimate of drug-likeness (QED) is 0.273. The molecule has 0 radical (unpaired) electrons. The maximum atomic E-state index is 12.6. The van der Waals surface area contributed by atoms with Crippen LogP contribution in [-0.2, 0) is 9.53 Å². The Hall–Kier alpha value is -3.90.